The Labute approximate surface area is 140 Å². The molecule has 1 aromatic carbocycles. The second kappa shape index (κ2) is 6.54. The number of amides is 2. The molecule has 4 nitrogen and oxygen atoms in total. The summed E-state index contributed by atoms with van der Waals surface area (Å²) in [5.74, 6) is -0.139. The van der Waals surface area contributed by atoms with Crippen LogP contribution >= 0.6 is 11.3 Å². The summed E-state index contributed by atoms with van der Waals surface area (Å²) in [4.78, 5) is 27.6. The third-order valence-corrected chi connectivity index (χ3v) is 5.06. The van der Waals surface area contributed by atoms with Gasteiger partial charge in [0.05, 0.1) is 4.88 Å². The van der Waals surface area contributed by atoms with E-state index in [9.17, 15) is 9.59 Å². The van der Waals surface area contributed by atoms with Gasteiger partial charge in [-0.1, -0.05) is 18.2 Å². The Balaban J connectivity index is 1.76. The number of thiophene rings is 1. The lowest BCUT2D eigenvalue weighted by molar-refractivity contribution is -0.119. The maximum Gasteiger partial charge on any atom is 0.264 e. The van der Waals surface area contributed by atoms with Gasteiger partial charge in [0.2, 0.25) is 5.91 Å². The monoisotopic (exact) mass is 328 g/mol. The molecule has 3 rings (SSSR count). The van der Waals surface area contributed by atoms with Gasteiger partial charge in [-0.2, -0.15) is 0 Å². The topological polar surface area (TPSA) is 49.4 Å². The quantitative estimate of drug-likeness (QED) is 0.936. The van der Waals surface area contributed by atoms with Crippen molar-refractivity contribution in [2.24, 2.45) is 0 Å². The van der Waals surface area contributed by atoms with Crippen molar-refractivity contribution in [2.45, 2.75) is 32.7 Å². The van der Waals surface area contributed by atoms with Crippen LogP contribution in [-0.4, -0.2) is 29.3 Å². The number of carbonyl (C=O) groups excluding carboxylic acids is 2. The summed E-state index contributed by atoms with van der Waals surface area (Å²) in [7, 11) is 0. The minimum absolute atomic E-state index is 0.0429. The van der Waals surface area contributed by atoms with Gasteiger partial charge in [-0.25, -0.2) is 0 Å². The maximum atomic E-state index is 12.7. The standard InChI is InChI=1S/C18H20N2O2S/c1-12-7-8-13(2)14(11-12)19-17(21)15-5-3-9-20(15)18(22)16-6-4-10-23-16/h4,6-8,10-11,15H,3,5,9H2,1-2H3,(H,19,21). The minimum atomic E-state index is -0.385. The van der Waals surface area contributed by atoms with E-state index in [1.54, 1.807) is 4.90 Å². The third-order valence-electron chi connectivity index (χ3n) is 4.20. The number of rotatable bonds is 3. The number of carbonyl (C=O) groups is 2. The first-order valence-corrected chi connectivity index (χ1v) is 8.67. The van der Waals surface area contributed by atoms with Crippen molar-refractivity contribution in [1.82, 2.24) is 4.90 Å². The van der Waals surface area contributed by atoms with Gasteiger partial charge in [0.25, 0.3) is 5.91 Å². The van der Waals surface area contributed by atoms with Crippen LogP contribution in [0, 0.1) is 13.8 Å². The van der Waals surface area contributed by atoms with Crippen LogP contribution in [0.2, 0.25) is 0 Å². The fraction of sp³-hybridized carbons (Fsp3) is 0.333. The lowest BCUT2D eigenvalue weighted by Gasteiger charge is -2.24. The zero-order valence-electron chi connectivity index (χ0n) is 13.3. The van der Waals surface area contributed by atoms with E-state index < -0.39 is 0 Å². The zero-order chi connectivity index (χ0) is 16.4. The summed E-state index contributed by atoms with van der Waals surface area (Å²) in [6.07, 6.45) is 1.58. The first-order chi connectivity index (χ1) is 11.1. The molecule has 1 fully saturated rings. The fourth-order valence-corrected chi connectivity index (χ4v) is 3.59. The molecule has 1 aliphatic rings. The number of nitrogens with one attached hydrogen (secondary N) is 1. The molecule has 1 aliphatic heterocycles. The Bertz CT molecular complexity index is 725. The molecule has 5 heteroatoms. The van der Waals surface area contributed by atoms with Crippen molar-refractivity contribution in [3.8, 4) is 0 Å². The number of aryl methyl sites for hydroxylation is 2. The average molecular weight is 328 g/mol. The van der Waals surface area contributed by atoms with Crippen LogP contribution in [0.15, 0.2) is 35.7 Å². The summed E-state index contributed by atoms with van der Waals surface area (Å²) in [6, 6.07) is 9.27. The summed E-state index contributed by atoms with van der Waals surface area (Å²) in [5, 5.41) is 4.88. The Hall–Kier alpha value is -2.14. The Morgan fingerprint density at radius 1 is 1.26 bits per heavy atom. The molecule has 0 radical (unpaired) electrons. The van der Waals surface area contributed by atoms with Crippen molar-refractivity contribution in [3.05, 3.63) is 51.7 Å². The summed E-state index contributed by atoms with van der Waals surface area (Å²) in [6.45, 7) is 4.61. The maximum absolute atomic E-state index is 12.7. The molecule has 2 heterocycles. The van der Waals surface area contributed by atoms with Gasteiger partial charge >= 0.3 is 0 Å². The summed E-state index contributed by atoms with van der Waals surface area (Å²) in [5.41, 5.74) is 2.95. The largest absolute Gasteiger partial charge is 0.326 e. The highest BCUT2D eigenvalue weighted by molar-refractivity contribution is 7.12. The molecule has 1 saturated heterocycles. The summed E-state index contributed by atoms with van der Waals surface area (Å²) >= 11 is 1.42. The van der Waals surface area contributed by atoms with Gasteiger partial charge in [0.15, 0.2) is 0 Å². The van der Waals surface area contributed by atoms with Crippen LogP contribution in [0.3, 0.4) is 0 Å². The molecule has 0 spiro atoms. The van der Waals surface area contributed by atoms with Crippen LogP contribution in [0.5, 0.6) is 0 Å². The molecule has 2 aromatic rings. The van der Waals surface area contributed by atoms with Crippen molar-refractivity contribution in [2.75, 3.05) is 11.9 Å². The van der Waals surface area contributed by atoms with E-state index >= 15 is 0 Å². The van der Waals surface area contributed by atoms with E-state index in [4.69, 9.17) is 0 Å². The van der Waals surface area contributed by atoms with E-state index in [-0.39, 0.29) is 17.9 Å². The predicted molar refractivity (Wildman–Crippen MR) is 92.9 cm³/mol. The SMILES string of the molecule is Cc1ccc(C)c(NC(=O)C2CCCN2C(=O)c2cccs2)c1. The molecule has 0 saturated carbocycles. The first-order valence-electron chi connectivity index (χ1n) is 7.79. The molecule has 2 amide bonds. The van der Waals surface area contributed by atoms with Crippen molar-refractivity contribution < 1.29 is 9.59 Å². The Kier molecular flexibility index (Phi) is 4.48. The van der Waals surface area contributed by atoms with E-state index in [1.165, 1.54) is 11.3 Å². The second-order valence-electron chi connectivity index (χ2n) is 5.94. The van der Waals surface area contributed by atoms with E-state index in [1.807, 2.05) is 49.6 Å². The lowest BCUT2D eigenvalue weighted by atomic mass is 10.1. The summed E-state index contributed by atoms with van der Waals surface area (Å²) < 4.78 is 0. The zero-order valence-corrected chi connectivity index (χ0v) is 14.2. The molecule has 120 valence electrons. The van der Waals surface area contributed by atoms with Crippen molar-refractivity contribution in [1.29, 1.82) is 0 Å². The lowest BCUT2D eigenvalue weighted by Crippen LogP contribution is -2.43. The highest BCUT2D eigenvalue weighted by Gasteiger charge is 2.35. The number of likely N-dealkylation sites (tertiary alicyclic amines) is 1. The van der Waals surface area contributed by atoms with E-state index in [2.05, 4.69) is 5.32 Å². The van der Waals surface area contributed by atoms with Gasteiger partial charge in [0.1, 0.15) is 6.04 Å². The highest BCUT2D eigenvalue weighted by Crippen LogP contribution is 2.24. The highest BCUT2D eigenvalue weighted by atomic mass is 32.1. The molecule has 1 N–H and O–H groups in total. The van der Waals surface area contributed by atoms with Crippen molar-refractivity contribution >= 4 is 28.8 Å². The Morgan fingerprint density at radius 2 is 2.09 bits per heavy atom. The smallest absolute Gasteiger partial charge is 0.264 e. The van der Waals surface area contributed by atoms with Crippen LogP contribution in [0.1, 0.15) is 33.6 Å². The Morgan fingerprint density at radius 3 is 2.83 bits per heavy atom. The average Bonchev–Trinajstić information content (AvgIpc) is 3.20. The molecule has 1 aromatic heterocycles. The molecular weight excluding hydrogens is 308 g/mol. The molecular formula is C18H20N2O2S. The number of hydrogen-bond acceptors (Lipinski definition) is 3. The van der Waals surface area contributed by atoms with Gasteiger partial charge < -0.3 is 10.2 Å². The van der Waals surface area contributed by atoms with E-state index in [0.29, 0.717) is 17.8 Å². The molecule has 1 atom stereocenters. The van der Waals surface area contributed by atoms with Gasteiger partial charge in [0, 0.05) is 12.2 Å². The first kappa shape index (κ1) is 15.7. The third kappa shape index (κ3) is 3.29. The number of hydrogen-bond donors (Lipinski definition) is 1. The van der Waals surface area contributed by atoms with Gasteiger partial charge in [-0.15, -0.1) is 11.3 Å². The van der Waals surface area contributed by atoms with Crippen LogP contribution in [0.4, 0.5) is 5.69 Å². The van der Waals surface area contributed by atoms with Crippen molar-refractivity contribution in [3.63, 3.8) is 0 Å². The van der Waals surface area contributed by atoms with Crippen LogP contribution in [0.25, 0.3) is 0 Å². The molecule has 23 heavy (non-hydrogen) atoms. The molecule has 0 bridgehead atoms. The fourth-order valence-electron chi connectivity index (χ4n) is 2.91. The number of anilines is 1. The minimum Gasteiger partial charge on any atom is -0.326 e. The van der Waals surface area contributed by atoms with Crippen LogP contribution < -0.4 is 5.32 Å². The normalized spacial score (nSPS) is 17.3. The second-order valence-corrected chi connectivity index (χ2v) is 6.89. The van der Waals surface area contributed by atoms with Gasteiger partial charge in [-0.05, 0) is 55.3 Å². The van der Waals surface area contributed by atoms with Crippen LogP contribution in [-0.2, 0) is 4.79 Å². The molecule has 0 aliphatic carbocycles. The molecule has 1 unspecified atom stereocenters. The van der Waals surface area contributed by atoms with E-state index in [0.717, 1.165) is 23.2 Å². The number of nitrogens with zero attached hydrogens (tertiary/aromatic N) is 1. The number of benzene rings is 1. The predicted octanol–water partition coefficient (Wildman–Crippen LogP) is 3.61. The van der Waals surface area contributed by atoms with Gasteiger partial charge in [-0.3, -0.25) is 9.59 Å².